The molecular formula is C8H6BrF3OZn. The van der Waals surface area contributed by atoms with Gasteiger partial charge in [-0.25, -0.2) is 0 Å². The van der Waals surface area contributed by atoms with Crippen LogP contribution >= 0.6 is 0 Å². The molecule has 0 atom stereocenters. The zero-order valence-electron chi connectivity index (χ0n) is 7.14. The van der Waals surface area contributed by atoms with Crippen LogP contribution in [0, 0.1) is 6.92 Å². The average Bonchev–Trinajstić information content (AvgIpc) is 1.91. The molecule has 0 aliphatic heterocycles. The second-order valence-corrected chi connectivity index (χ2v) is 2.16. The summed E-state index contributed by atoms with van der Waals surface area (Å²) < 4.78 is 38.7. The Labute approximate surface area is 103 Å². The van der Waals surface area contributed by atoms with Gasteiger partial charge in [-0.3, -0.25) is 0 Å². The molecule has 0 spiro atoms. The summed E-state index contributed by atoms with van der Waals surface area (Å²) in [5, 5.41) is 0. The van der Waals surface area contributed by atoms with E-state index in [1.165, 1.54) is 18.2 Å². The topological polar surface area (TPSA) is 9.23 Å². The number of hydrogen-bond donors (Lipinski definition) is 0. The van der Waals surface area contributed by atoms with Crippen molar-refractivity contribution in [2.75, 3.05) is 0 Å². The fourth-order valence-corrected chi connectivity index (χ4v) is 0.728. The molecule has 14 heavy (non-hydrogen) atoms. The van der Waals surface area contributed by atoms with E-state index in [0.29, 0.717) is 0 Å². The summed E-state index contributed by atoms with van der Waals surface area (Å²) in [7, 11) is 0. The second kappa shape index (κ2) is 6.30. The van der Waals surface area contributed by atoms with Crippen LogP contribution in [0.2, 0.25) is 0 Å². The fourth-order valence-electron chi connectivity index (χ4n) is 0.728. The van der Waals surface area contributed by atoms with Gasteiger partial charge in [0.1, 0.15) is 0 Å². The Morgan fingerprint density at radius 3 is 2.07 bits per heavy atom. The first-order chi connectivity index (χ1) is 5.49. The van der Waals surface area contributed by atoms with Crippen molar-refractivity contribution in [1.82, 2.24) is 0 Å². The molecule has 0 aliphatic carbocycles. The van der Waals surface area contributed by atoms with Crippen molar-refractivity contribution >= 4 is 0 Å². The number of ether oxygens (including phenoxy) is 1. The Morgan fingerprint density at radius 2 is 1.64 bits per heavy atom. The number of hydrogen-bond acceptors (Lipinski definition) is 1. The molecule has 1 aromatic carbocycles. The van der Waals surface area contributed by atoms with Crippen LogP contribution in [-0.4, -0.2) is 6.36 Å². The Kier molecular flexibility index (Phi) is 7.30. The second-order valence-electron chi connectivity index (χ2n) is 2.16. The molecule has 0 bridgehead atoms. The summed E-state index contributed by atoms with van der Waals surface area (Å²) in [6.45, 7) is 3.38. The van der Waals surface area contributed by atoms with E-state index in [2.05, 4.69) is 11.7 Å². The van der Waals surface area contributed by atoms with E-state index < -0.39 is 6.36 Å². The van der Waals surface area contributed by atoms with Gasteiger partial charge in [-0.1, -0.05) is 12.1 Å². The van der Waals surface area contributed by atoms with Crippen molar-refractivity contribution in [3.8, 4) is 5.75 Å². The van der Waals surface area contributed by atoms with Crippen molar-refractivity contribution < 1.29 is 54.4 Å². The van der Waals surface area contributed by atoms with Crippen LogP contribution in [0.3, 0.4) is 0 Å². The van der Waals surface area contributed by atoms with Crippen molar-refractivity contribution in [1.29, 1.82) is 0 Å². The van der Waals surface area contributed by atoms with Gasteiger partial charge in [0.05, 0.1) is 0 Å². The number of benzene rings is 1. The number of halogens is 4. The summed E-state index contributed by atoms with van der Waals surface area (Å²) in [5.74, 6) is -0.259. The molecule has 0 heterocycles. The van der Waals surface area contributed by atoms with Crippen molar-refractivity contribution in [3.63, 3.8) is 0 Å². The molecule has 0 unspecified atom stereocenters. The minimum atomic E-state index is -4.65. The van der Waals surface area contributed by atoms with Crippen LogP contribution in [0.25, 0.3) is 0 Å². The summed E-state index contributed by atoms with van der Waals surface area (Å²) in [6, 6.07) is 5.71. The summed E-state index contributed by atoms with van der Waals surface area (Å²) in [5.41, 5.74) is 0.217. The maximum atomic E-state index is 11.7. The summed E-state index contributed by atoms with van der Waals surface area (Å²) >= 11 is 0. The standard InChI is InChI=1S/C8H6F3O.BrH.Zn/c1-6-4-2-3-5-7(6)12-8(9,10)11;;/h2-5H,1H2;1H;/q-1;;+2/p-1. The fraction of sp³-hybridized carbons (Fsp3) is 0.125. The zero-order valence-corrected chi connectivity index (χ0v) is 11.7. The van der Waals surface area contributed by atoms with Gasteiger partial charge in [0.2, 0.25) is 0 Å². The van der Waals surface area contributed by atoms with Gasteiger partial charge in [0, 0.05) is 5.75 Å². The van der Waals surface area contributed by atoms with Crippen molar-refractivity contribution in [2.45, 2.75) is 6.36 Å². The molecule has 0 amide bonds. The maximum Gasteiger partial charge on any atom is 2.00 e. The third kappa shape index (κ3) is 5.50. The molecule has 0 radical (unpaired) electrons. The van der Waals surface area contributed by atoms with Crippen LogP contribution in [0.15, 0.2) is 24.3 Å². The molecule has 0 aliphatic rings. The Balaban J connectivity index is 0. The van der Waals surface area contributed by atoms with Gasteiger partial charge in [-0.15, -0.1) is 19.2 Å². The minimum Gasteiger partial charge on any atom is -1.00 e. The van der Waals surface area contributed by atoms with Gasteiger partial charge in [-0.2, -0.15) is 18.6 Å². The van der Waals surface area contributed by atoms with Crippen LogP contribution < -0.4 is 21.7 Å². The molecule has 6 heteroatoms. The maximum absolute atomic E-state index is 11.7. The normalized spacial score (nSPS) is 9.64. The van der Waals surface area contributed by atoms with E-state index in [1.807, 2.05) is 0 Å². The first-order valence-electron chi connectivity index (χ1n) is 3.16. The molecule has 74 valence electrons. The monoisotopic (exact) mass is 318 g/mol. The first kappa shape index (κ1) is 16.2. The zero-order chi connectivity index (χ0) is 9.19. The molecule has 0 N–H and O–H groups in total. The van der Waals surface area contributed by atoms with Gasteiger partial charge in [0.25, 0.3) is 0 Å². The quantitative estimate of drug-likeness (QED) is 0.513. The minimum absolute atomic E-state index is 0. The molecule has 0 aromatic heterocycles. The predicted molar refractivity (Wildman–Crippen MR) is 37.6 cm³/mol. The summed E-state index contributed by atoms with van der Waals surface area (Å²) in [6.07, 6.45) is -4.65. The molecule has 0 fully saturated rings. The number of alkyl halides is 3. The number of para-hydroxylation sites is 1. The van der Waals surface area contributed by atoms with Gasteiger partial charge >= 0.3 is 25.8 Å². The van der Waals surface area contributed by atoms with E-state index in [1.54, 1.807) is 6.07 Å². The first-order valence-corrected chi connectivity index (χ1v) is 3.16. The van der Waals surface area contributed by atoms with Crippen LogP contribution in [0.4, 0.5) is 13.2 Å². The van der Waals surface area contributed by atoms with Crippen LogP contribution in [0.5, 0.6) is 5.75 Å². The van der Waals surface area contributed by atoms with Crippen molar-refractivity contribution in [2.24, 2.45) is 0 Å². The van der Waals surface area contributed by atoms with E-state index in [-0.39, 0.29) is 47.8 Å². The number of rotatable bonds is 1. The Bertz CT molecular complexity index is 278. The van der Waals surface area contributed by atoms with Gasteiger partial charge in [-0.05, 0) is 0 Å². The largest absolute Gasteiger partial charge is 2.00 e. The van der Waals surface area contributed by atoms with E-state index in [4.69, 9.17) is 0 Å². The van der Waals surface area contributed by atoms with Crippen LogP contribution in [0.1, 0.15) is 5.56 Å². The molecule has 1 rings (SSSR count). The molecule has 1 nitrogen and oxygen atoms in total. The molecule has 0 saturated heterocycles. The molecule has 0 saturated carbocycles. The van der Waals surface area contributed by atoms with Crippen LogP contribution in [-0.2, 0) is 19.5 Å². The van der Waals surface area contributed by atoms with E-state index in [9.17, 15) is 13.2 Å². The summed E-state index contributed by atoms with van der Waals surface area (Å²) in [4.78, 5) is 0. The van der Waals surface area contributed by atoms with E-state index in [0.717, 1.165) is 0 Å². The third-order valence-electron chi connectivity index (χ3n) is 1.20. The SMILES string of the molecule is [Br-].[CH2-]c1ccccc1OC(F)(F)F.[Zn+2]. The molecule has 1 aromatic rings. The average molecular weight is 320 g/mol. The predicted octanol–water partition coefficient (Wildman–Crippen LogP) is -0.231. The van der Waals surface area contributed by atoms with Gasteiger partial charge in [0.15, 0.2) is 0 Å². The Morgan fingerprint density at radius 1 is 1.14 bits per heavy atom. The Hall–Kier alpha value is -0.217. The van der Waals surface area contributed by atoms with Gasteiger partial charge < -0.3 is 21.7 Å². The third-order valence-corrected chi connectivity index (χ3v) is 1.20. The van der Waals surface area contributed by atoms with E-state index >= 15 is 0 Å². The molecular weight excluding hydrogens is 314 g/mol. The van der Waals surface area contributed by atoms with Crippen molar-refractivity contribution in [3.05, 3.63) is 36.8 Å². The smallest absolute Gasteiger partial charge is 1.00 e.